The van der Waals surface area contributed by atoms with Crippen LogP contribution in [-0.4, -0.2) is 24.6 Å². The molecule has 1 aromatic rings. The third-order valence-electron chi connectivity index (χ3n) is 3.87. The van der Waals surface area contributed by atoms with E-state index in [4.69, 9.17) is 0 Å². The second kappa shape index (κ2) is 7.63. The van der Waals surface area contributed by atoms with E-state index < -0.39 is 0 Å². The number of aryl methyl sites for hydroxylation is 1. The van der Waals surface area contributed by atoms with E-state index in [0.29, 0.717) is 4.08 Å². The van der Waals surface area contributed by atoms with Crippen molar-refractivity contribution in [1.82, 2.24) is 9.55 Å². The zero-order valence-electron chi connectivity index (χ0n) is 12.2. The summed E-state index contributed by atoms with van der Waals surface area (Å²) in [6, 6.07) is 0. The van der Waals surface area contributed by atoms with Gasteiger partial charge in [-0.1, -0.05) is 26.7 Å². The van der Waals surface area contributed by atoms with Crippen LogP contribution in [0.15, 0.2) is 18.7 Å². The van der Waals surface area contributed by atoms with Gasteiger partial charge in [-0.2, -0.15) is 0 Å². The normalized spacial score (nSPS) is 26.9. The summed E-state index contributed by atoms with van der Waals surface area (Å²) in [5, 5.41) is 0.901. The lowest BCUT2D eigenvalue weighted by Gasteiger charge is -2.26. The molecule has 19 heavy (non-hydrogen) atoms. The Kier molecular flexibility index (Phi) is 6.14. The van der Waals surface area contributed by atoms with Crippen LogP contribution in [0.25, 0.3) is 0 Å². The van der Waals surface area contributed by atoms with E-state index in [1.165, 1.54) is 44.3 Å². The van der Waals surface area contributed by atoms with Gasteiger partial charge in [0.2, 0.25) is 0 Å². The predicted octanol–water partition coefficient (Wildman–Crippen LogP) is 4.81. The van der Waals surface area contributed by atoms with Gasteiger partial charge in [-0.3, -0.25) is 0 Å². The van der Waals surface area contributed by atoms with E-state index in [0.717, 1.165) is 11.8 Å². The van der Waals surface area contributed by atoms with Crippen molar-refractivity contribution < 1.29 is 0 Å². The van der Waals surface area contributed by atoms with E-state index in [9.17, 15) is 0 Å². The molecule has 1 aromatic heterocycles. The Labute approximate surface area is 126 Å². The lowest BCUT2D eigenvalue weighted by molar-refractivity contribution is 0.573. The molecule has 108 valence electrons. The predicted molar refractivity (Wildman–Crippen MR) is 87.8 cm³/mol. The van der Waals surface area contributed by atoms with Crippen molar-refractivity contribution in [3.8, 4) is 0 Å². The highest BCUT2D eigenvalue weighted by Crippen LogP contribution is 2.54. The highest BCUT2D eigenvalue weighted by atomic mass is 32.2. The molecule has 0 bridgehead atoms. The van der Waals surface area contributed by atoms with Crippen LogP contribution in [0, 0.1) is 0 Å². The highest BCUT2D eigenvalue weighted by molar-refractivity contribution is 8.21. The number of thioether (sulfide) groups is 2. The molecule has 2 heterocycles. The minimum Gasteiger partial charge on any atom is -0.337 e. The summed E-state index contributed by atoms with van der Waals surface area (Å²) in [4.78, 5) is 4.11. The Balaban J connectivity index is 1.76. The van der Waals surface area contributed by atoms with Crippen LogP contribution in [0.4, 0.5) is 0 Å². The molecule has 2 rings (SSSR count). The second-order valence-corrected chi connectivity index (χ2v) is 8.71. The van der Waals surface area contributed by atoms with Gasteiger partial charge < -0.3 is 4.57 Å². The first kappa shape index (κ1) is 15.3. The summed E-state index contributed by atoms with van der Waals surface area (Å²) in [6.45, 7) is 5.77. The fourth-order valence-corrected chi connectivity index (χ4v) is 6.46. The molecular formula is C15H26N2S2. The molecule has 2 unspecified atom stereocenters. The Morgan fingerprint density at radius 2 is 2.26 bits per heavy atom. The number of imidazole rings is 1. The van der Waals surface area contributed by atoms with Crippen molar-refractivity contribution in [2.75, 3.05) is 5.75 Å². The van der Waals surface area contributed by atoms with Crippen LogP contribution in [0.3, 0.4) is 0 Å². The molecule has 1 aliphatic heterocycles. The molecule has 0 radical (unpaired) electrons. The van der Waals surface area contributed by atoms with E-state index in [-0.39, 0.29) is 0 Å². The lowest BCUT2D eigenvalue weighted by Crippen LogP contribution is -2.17. The zero-order chi connectivity index (χ0) is 13.6. The molecule has 0 amide bonds. The first-order valence-electron chi connectivity index (χ1n) is 7.55. The molecule has 1 saturated heterocycles. The lowest BCUT2D eigenvalue weighted by atomic mass is 10.2. The van der Waals surface area contributed by atoms with Crippen LogP contribution in [0.1, 0.15) is 52.4 Å². The molecular weight excluding hydrogens is 272 g/mol. The van der Waals surface area contributed by atoms with Gasteiger partial charge in [-0.25, -0.2) is 4.98 Å². The molecule has 0 spiro atoms. The van der Waals surface area contributed by atoms with E-state index in [2.05, 4.69) is 53.1 Å². The Bertz CT molecular complexity index is 353. The fourth-order valence-electron chi connectivity index (χ4n) is 2.63. The summed E-state index contributed by atoms with van der Waals surface area (Å²) >= 11 is 4.50. The van der Waals surface area contributed by atoms with Crippen molar-refractivity contribution in [2.24, 2.45) is 0 Å². The van der Waals surface area contributed by atoms with Crippen LogP contribution in [0.5, 0.6) is 0 Å². The first-order chi connectivity index (χ1) is 9.28. The van der Waals surface area contributed by atoms with Gasteiger partial charge in [0.15, 0.2) is 0 Å². The average Bonchev–Trinajstić information content (AvgIpc) is 3.07. The largest absolute Gasteiger partial charge is 0.337 e. The zero-order valence-corrected chi connectivity index (χ0v) is 13.8. The van der Waals surface area contributed by atoms with Crippen molar-refractivity contribution in [1.29, 1.82) is 0 Å². The van der Waals surface area contributed by atoms with Gasteiger partial charge >= 0.3 is 0 Å². The summed E-state index contributed by atoms with van der Waals surface area (Å²) < 4.78 is 2.70. The number of nitrogens with zero attached hydrogens (tertiary/aromatic N) is 2. The third kappa shape index (κ3) is 4.45. The molecule has 4 heteroatoms. The van der Waals surface area contributed by atoms with Crippen molar-refractivity contribution in [2.45, 2.75) is 68.2 Å². The summed E-state index contributed by atoms with van der Waals surface area (Å²) in [5.41, 5.74) is 0. The number of hydrogen-bond donors (Lipinski definition) is 0. The van der Waals surface area contributed by atoms with Gasteiger partial charge in [0.25, 0.3) is 0 Å². The minimum absolute atomic E-state index is 0.499. The second-order valence-electron chi connectivity index (χ2n) is 5.36. The summed E-state index contributed by atoms with van der Waals surface area (Å²) in [5.74, 6) is 1.36. The number of rotatable bonds is 8. The molecule has 2 atom stereocenters. The Morgan fingerprint density at radius 1 is 1.37 bits per heavy atom. The molecule has 0 N–H and O–H groups in total. The standard InChI is InChI=1S/C15H26N2S2/c1-3-5-7-14-12-18-15(4-2,19-14)8-6-10-17-11-9-16-13-17/h9,11,13-14H,3-8,10,12H2,1-2H3. The average molecular weight is 299 g/mol. The van der Waals surface area contributed by atoms with Crippen molar-refractivity contribution in [3.05, 3.63) is 18.7 Å². The first-order valence-corrected chi connectivity index (χ1v) is 9.42. The van der Waals surface area contributed by atoms with Gasteiger partial charge in [-0.15, -0.1) is 23.5 Å². The topological polar surface area (TPSA) is 17.8 Å². The molecule has 0 aromatic carbocycles. The summed E-state index contributed by atoms with van der Waals surface area (Å²) in [6.07, 6.45) is 13.9. The number of unbranched alkanes of at least 4 members (excludes halogenated alkanes) is 1. The van der Waals surface area contributed by atoms with Crippen LogP contribution >= 0.6 is 23.5 Å². The monoisotopic (exact) mass is 298 g/mol. The van der Waals surface area contributed by atoms with Crippen LogP contribution < -0.4 is 0 Å². The molecule has 1 fully saturated rings. The van der Waals surface area contributed by atoms with Crippen LogP contribution in [-0.2, 0) is 6.54 Å². The highest BCUT2D eigenvalue weighted by Gasteiger charge is 2.38. The Morgan fingerprint density at radius 3 is 2.95 bits per heavy atom. The Hall–Kier alpha value is -0.0900. The number of hydrogen-bond acceptors (Lipinski definition) is 3. The van der Waals surface area contributed by atoms with Crippen molar-refractivity contribution >= 4 is 23.5 Å². The maximum absolute atomic E-state index is 4.11. The molecule has 0 saturated carbocycles. The fraction of sp³-hybridized carbons (Fsp3) is 0.800. The minimum atomic E-state index is 0.499. The van der Waals surface area contributed by atoms with E-state index >= 15 is 0 Å². The van der Waals surface area contributed by atoms with Crippen molar-refractivity contribution in [3.63, 3.8) is 0 Å². The van der Waals surface area contributed by atoms with Gasteiger partial charge in [0, 0.05) is 29.9 Å². The van der Waals surface area contributed by atoms with E-state index in [1.807, 2.05) is 12.5 Å². The molecule has 2 nitrogen and oxygen atoms in total. The van der Waals surface area contributed by atoms with Gasteiger partial charge in [-0.05, 0) is 25.7 Å². The maximum Gasteiger partial charge on any atom is 0.0945 e. The van der Waals surface area contributed by atoms with E-state index in [1.54, 1.807) is 0 Å². The molecule has 1 aliphatic rings. The van der Waals surface area contributed by atoms with Gasteiger partial charge in [0.05, 0.1) is 10.4 Å². The SMILES string of the molecule is CCCCC1CSC(CC)(CCCn2ccnc2)S1. The smallest absolute Gasteiger partial charge is 0.0945 e. The third-order valence-corrected chi connectivity index (χ3v) is 7.96. The maximum atomic E-state index is 4.11. The number of aromatic nitrogens is 2. The quantitative estimate of drug-likeness (QED) is 0.686. The molecule has 0 aliphatic carbocycles. The summed E-state index contributed by atoms with van der Waals surface area (Å²) in [7, 11) is 0. The van der Waals surface area contributed by atoms with Gasteiger partial charge in [0.1, 0.15) is 0 Å². The van der Waals surface area contributed by atoms with Crippen LogP contribution in [0.2, 0.25) is 0 Å².